The summed E-state index contributed by atoms with van der Waals surface area (Å²) in [5, 5.41) is 14.0. The number of nitrogens with one attached hydrogen (secondary N) is 1. The Labute approximate surface area is 205 Å². The molecule has 0 spiro atoms. The molecule has 3 heterocycles. The van der Waals surface area contributed by atoms with E-state index in [1.807, 2.05) is 29.1 Å². The zero-order valence-electron chi connectivity index (χ0n) is 20.7. The second-order valence-corrected chi connectivity index (χ2v) is 9.78. The number of H-pyrrole nitrogens is 1. The molecule has 0 bridgehead atoms. The standard InChI is InChI=1S/C27H33N7O/c1-4-25(26-30-31-32-34(26)22-9-5-6-10-22)33(16-20-8-7-11-28-15-20)17-21-14-23-19(3)12-18(2)13-24(23)29-27(21)35/h7-8,11-15,22,25H,4-6,9-10,16-17H2,1-3H3,(H,29,35). The van der Waals surface area contributed by atoms with E-state index in [0.29, 0.717) is 19.1 Å². The smallest absolute Gasteiger partial charge is 0.252 e. The first-order chi connectivity index (χ1) is 17.0. The van der Waals surface area contributed by atoms with Crippen molar-refractivity contribution in [3.63, 3.8) is 0 Å². The number of rotatable bonds is 8. The van der Waals surface area contributed by atoms with Crippen molar-refractivity contribution in [2.75, 3.05) is 0 Å². The fourth-order valence-corrected chi connectivity index (χ4v) is 5.49. The highest BCUT2D eigenvalue weighted by Crippen LogP contribution is 2.33. The zero-order valence-corrected chi connectivity index (χ0v) is 20.7. The van der Waals surface area contributed by atoms with Crippen molar-refractivity contribution in [2.45, 2.75) is 78.0 Å². The molecular formula is C27H33N7O. The third kappa shape index (κ3) is 4.89. The van der Waals surface area contributed by atoms with Gasteiger partial charge >= 0.3 is 0 Å². The summed E-state index contributed by atoms with van der Waals surface area (Å²) in [6.07, 6.45) is 9.15. The Bertz CT molecular complexity index is 1360. The molecule has 1 fully saturated rings. The first-order valence-corrected chi connectivity index (χ1v) is 12.6. The topological polar surface area (TPSA) is 92.6 Å². The van der Waals surface area contributed by atoms with Crippen molar-refractivity contribution in [2.24, 2.45) is 0 Å². The highest BCUT2D eigenvalue weighted by atomic mass is 16.1. The molecule has 3 aromatic heterocycles. The van der Waals surface area contributed by atoms with E-state index in [4.69, 9.17) is 0 Å². The minimum absolute atomic E-state index is 0.0278. The number of pyridine rings is 2. The molecule has 1 atom stereocenters. The van der Waals surface area contributed by atoms with E-state index in [1.165, 1.54) is 12.8 Å². The first kappa shape index (κ1) is 23.4. The summed E-state index contributed by atoms with van der Waals surface area (Å²) in [5.74, 6) is 0.882. The van der Waals surface area contributed by atoms with E-state index in [2.05, 4.69) is 63.3 Å². The van der Waals surface area contributed by atoms with E-state index in [-0.39, 0.29) is 11.6 Å². The summed E-state index contributed by atoms with van der Waals surface area (Å²) in [4.78, 5) is 22.9. The summed E-state index contributed by atoms with van der Waals surface area (Å²) < 4.78 is 2.04. The van der Waals surface area contributed by atoms with Gasteiger partial charge in [-0.05, 0) is 78.4 Å². The lowest BCUT2D eigenvalue weighted by atomic mass is 10.0. The van der Waals surface area contributed by atoms with Crippen molar-refractivity contribution in [1.82, 2.24) is 35.1 Å². The Morgan fingerprint density at radius 3 is 2.74 bits per heavy atom. The number of aryl methyl sites for hydroxylation is 2. The second-order valence-electron chi connectivity index (χ2n) is 9.78. The van der Waals surface area contributed by atoms with Crippen molar-refractivity contribution >= 4 is 10.9 Å². The van der Waals surface area contributed by atoms with Crippen LogP contribution in [0.2, 0.25) is 0 Å². The maximum absolute atomic E-state index is 13.2. The lowest BCUT2D eigenvalue weighted by Crippen LogP contribution is -2.32. The molecule has 1 aromatic carbocycles. The van der Waals surface area contributed by atoms with Crippen molar-refractivity contribution in [3.05, 3.63) is 81.2 Å². The number of fused-ring (bicyclic) bond motifs is 1. The van der Waals surface area contributed by atoms with Gasteiger partial charge in [-0.2, -0.15) is 0 Å². The van der Waals surface area contributed by atoms with Crippen LogP contribution in [0.4, 0.5) is 0 Å². The van der Waals surface area contributed by atoms with Gasteiger partial charge in [0.15, 0.2) is 5.82 Å². The molecular weight excluding hydrogens is 438 g/mol. The average molecular weight is 472 g/mol. The first-order valence-electron chi connectivity index (χ1n) is 12.6. The highest BCUT2D eigenvalue weighted by molar-refractivity contribution is 5.83. The molecule has 8 heteroatoms. The van der Waals surface area contributed by atoms with E-state index < -0.39 is 0 Å². The number of benzene rings is 1. The maximum Gasteiger partial charge on any atom is 0.252 e. The van der Waals surface area contributed by atoms with Crippen LogP contribution < -0.4 is 5.56 Å². The number of nitrogens with zero attached hydrogens (tertiary/aromatic N) is 6. The van der Waals surface area contributed by atoms with Crippen molar-refractivity contribution in [3.8, 4) is 0 Å². The van der Waals surface area contributed by atoms with Gasteiger partial charge in [0.1, 0.15) is 0 Å². The molecule has 0 saturated heterocycles. The monoisotopic (exact) mass is 471 g/mol. The van der Waals surface area contributed by atoms with Crippen LogP contribution in [0, 0.1) is 13.8 Å². The number of hydrogen-bond acceptors (Lipinski definition) is 6. The lowest BCUT2D eigenvalue weighted by molar-refractivity contribution is 0.158. The van der Waals surface area contributed by atoms with Gasteiger partial charge in [-0.15, -0.1) is 5.10 Å². The normalized spacial score (nSPS) is 15.3. The third-order valence-electron chi connectivity index (χ3n) is 7.19. The second kappa shape index (κ2) is 10.1. The van der Waals surface area contributed by atoms with Crippen LogP contribution in [0.1, 0.15) is 79.2 Å². The zero-order chi connectivity index (χ0) is 24.4. The van der Waals surface area contributed by atoms with E-state index in [9.17, 15) is 4.79 Å². The van der Waals surface area contributed by atoms with Crippen LogP contribution in [0.25, 0.3) is 10.9 Å². The molecule has 1 N–H and O–H groups in total. The molecule has 1 unspecified atom stereocenters. The average Bonchev–Trinajstić information content (AvgIpc) is 3.53. The third-order valence-corrected chi connectivity index (χ3v) is 7.19. The molecule has 1 aliphatic carbocycles. The molecule has 182 valence electrons. The quantitative estimate of drug-likeness (QED) is 0.397. The number of aromatic nitrogens is 6. The molecule has 0 aliphatic heterocycles. The largest absolute Gasteiger partial charge is 0.322 e. The fourth-order valence-electron chi connectivity index (χ4n) is 5.49. The van der Waals surface area contributed by atoms with Gasteiger partial charge in [-0.1, -0.05) is 31.9 Å². The molecule has 0 radical (unpaired) electrons. The summed E-state index contributed by atoms with van der Waals surface area (Å²) in [5.41, 5.74) is 4.97. The summed E-state index contributed by atoms with van der Waals surface area (Å²) in [7, 11) is 0. The van der Waals surface area contributed by atoms with Gasteiger partial charge in [0, 0.05) is 41.9 Å². The minimum Gasteiger partial charge on any atom is -0.322 e. The minimum atomic E-state index is -0.0519. The Kier molecular flexibility index (Phi) is 6.72. The van der Waals surface area contributed by atoms with Crippen LogP contribution in [-0.4, -0.2) is 35.1 Å². The van der Waals surface area contributed by atoms with Crippen LogP contribution in [0.3, 0.4) is 0 Å². The molecule has 1 saturated carbocycles. The van der Waals surface area contributed by atoms with Gasteiger partial charge in [0.25, 0.3) is 5.56 Å². The van der Waals surface area contributed by atoms with Gasteiger partial charge in [0.2, 0.25) is 0 Å². The summed E-state index contributed by atoms with van der Waals surface area (Å²) >= 11 is 0. The van der Waals surface area contributed by atoms with Crippen LogP contribution in [0.5, 0.6) is 0 Å². The van der Waals surface area contributed by atoms with Crippen LogP contribution in [-0.2, 0) is 13.1 Å². The van der Waals surface area contributed by atoms with Gasteiger partial charge in [-0.3, -0.25) is 14.7 Å². The van der Waals surface area contributed by atoms with E-state index in [1.54, 1.807) is 6.20 Å². The predicted molar refractivity (Wildman–Crippen MR) is 136 cm³/mol. The Morgan fingerprint density at radius 2 is 2.00 bits per heavy atom. The Balaban J connectivity index is 1.54. The van der Waals surface area contributed by atoms with E-state index in [0.717, 1.165) is 58.2 Å². The van der Waals surface area contributed by atoms with Gasteiger partial charge in [0.05, 0.1) is 12.1 Å². The fraction of sp³-hybridized carbons (Fsp3) is 0.444. The molecule has 35 heavy (non-hydrogen) atoms. The molecule has 8 nitrogen and oxygen atoms in total. The molecule has 5 rings (SSSR count). The van der Waals surface area contributed by atoms with Crippen molar-refractivity contribution in [1.29, 1.82) is 0 Å². The van der Waals surface area contributed by atoms with E-state index >= 15 is 0 Å². The number of aromatic amines is 1. The van der Waals surface area contributed by atoms with Crippen LogP contribution in [0.15, 0.2) is 47.5 Å². The summed E-state index contributed by atoms with van der Waals surface area (Å²) in [6, 6.07) is 10.6. The molecule has 4 aromatic rings. The van der Waals surface area contributed by atoms with Gasteiger partial charge < -0.3 is 4.98 Å². The van der Waals surface area contributed by atoms with Gasteiger partial charge in [-0.25, -0.2) is 4.68 Å². The Morgan fingerprint density at radius 1 is 1.17 bits per heavy atom. The lowest BCUT2D eigenvalue weighted by Gasteiger charge is -2.31. The molecule has 1 aliphatic rings. The van der Waals surface area contributed by atoms with Crippen molar-refractivity contribution < 1.29 is 0 Å². The number of hydrogen-bond donors (Lipinski definition) is 1. The Hall–Kier alpha value is -3.39. The maximum atomic E-state index is 13.2. The molecule has 0 amide bonds. The number of tetrazole rings is 1. The SMILES string of the molecule is CCC(c1nnnn1C1CCCC1)N(Cc1cccnc1)Cc1cc2c(C)cc(C)cc2[nH]c1=O. The highest BCUT2D eigenvalue weighted by Gasteiger charge is 2.29. The predicted octanol–water partition coefficient (Wildman–Crippen LogP) is 4.80. The summed E-state index contributed by atoms with van der Waals surface area (Å²) in [6.45, 7) is 7.44. The van der Waals surface area contributed by atoms with Crippen LogP contribution >= 0.6 is 0 Å².